The van der Waals surface area contributed by atoms with E-state index in [1.165, 1.54) is 19.1 Å². The summed E-state index contributed by atoms with van der Waals surface area (Å²) in [5, 5.41) is 5.36. The van der Waals surface area contributed by atoms with Crippen LogP contribution >= 0.6 is 11.6 Å². The lowest BCUT2D eigenvalue weighted by Crippen LogP contribution is -2.32. The van der Waals surface area contributed by atoms with Gasteiger partial charge in [0.1, 0.15) is 0 Å². The Balaban J connectivity index is 2.22. The molecule has 1 atom stereocenters. The molecule has 0 fully saturated rings. The van der Waals surface area contributed by atoms with Crippen LogP contribution in [-0.4, -0.2) is 24.0 Å². The molecule has 0 bridgehead atoms. The molecule has 0 aliphatic rings. The third-order valence-electron chi connectivity index (χ3n) is 3.19. The molecule has 25 heavy (non-hydrogen) atoms. The van der Waals surface area contributed by atoms with Gasteiger partial charge < -0.3 is 21.1 Å². The van der Waals surface area contributed by atoms with E-state index in [1.54, 1.807) is 30.3 Å². The fourth-order valence-electron chi connectivity index (χ4n) is 2.04. The molecule has 8 heteroatoms. The lowest BCUT2D eigenvalue weighted by molar-refractivity contribution is -0.123. The molecule has 2 rings (SSSR count). The van der Waals surface area contributed by atoms with Crippen LogP contribution in [0.2, 0.25) is 5.02 Å². The number of benzene rings is 2. The van der Waals surface area contributed by atoms with Crippen LogP contribution in [0.3, 0.4) is 0 Å². The zero-order chi connectivity index (χ0) is 18.4. The first-order valence-electron chi connectivity index (χ1n) is 7.30. The fraction of sp³-hybridized carbons (Fsp3) is 0.118. The smallest absolute Gasteiger partial charge is 0.405 e. The van der Waals surface area contributed by atoms with Crippen LogP contribution in [0.4, 0.5) is 16.2 Å². The summed E-state index contributed by atoms with van der Waals surface area (Å²) in [6.45, 7) is 1.36. The average molecular weight is 362 g/mol. The minimum Gasteiger partial charge on any atom is -0.437 e. The van der Waals surface area contributed by atoms with E-state index < -0.39 is 24.0 Å². The van der Waals surface area contributed by atoms with Gasteiger partial charge in [-0.05, 0) is 31.2 Å². The number of ether oxygens (including phenoxy) is 1. The molecule has 0 aromatic heterocycles. The maximum absolute atomic E-state index is 12.5. The first kappa shape index (κ1) is 18.3. The number of rotatable bonds is 5. The third-order valence-corrected chi connectivity index (χ3v) is 3.51. The monoisotopic (exact) mass is 361 g/mol. The summed E-state index contributed by atoms with van der Waals surface area (Å²) in [5.74, 6) is -1.13. The first-order chi connectivity index (χ1) is 11.9. The standard InChI is InChI=1S/C17H16ClN3O4/c1-10(25-17(19)24)15(22)21-13-9-5-8-12(18)14(13)16(23)20-11-6-3-2-4-7-11/h2-10H,1H3,(H2,19,24)(H,20,23)(H,21,22)/t10-/m0/s1. The van der Waals surface area contributed by atoms with Gasteiger partial charge in [0, 0.05) is 5.69 Å². The number of anilines is 2. The number of primary amides is 1. The zero-order valence-corrected chi connectivity index (χ0v) is 14.0. The van der Waals surface area contributed by atoms with E-state index in [2.05, 4.69) is 15.4 Å². The van der Waals surface area contributed by atoms with Gasteiger partial charge in [-0.1, -0.05) is 35.9 Å². The van der Waals surface area contributed by atoms with Crippen molar-refractivity contribution < 1.29 is 19.1 Å². The van der Waals surface area contributed by atoms with Crippen LogP contribution in [0.5, 0.6) is 0 Å². The molecule has 0 aliphatic carbocycles. The number of hydrogen-bond acceptors (Lipinski definition) is 4. The minimum absolute atomic E-state index is 0.0904. The summed E-state index contributed by atoms with van der Waals surface area (Å²) in [5.41, 5.74) is 5.74. The van der Waals surface area contributed by atoms with Crippen molar-refractivity contribution in [1.82, 2.24) is 0 Å². The van der Waals surface area contributed by atoms with Crippen molar-refractivity contribution in [3.05, 3.63) is 59.1 Å². The number of amides is 3. The Bertz CT molecular complexity index is 796. The van der Waals surface area contributed by atoms with Gasteiger partial charge in [-0.25, -0.2) is 4.79 Å². The maximum atomic E-state index is 12.5. The van der Waals surface area contributed by atoms with Crippen LogP contribution in [-0.2, 0) is 9.53 Å². The molecular formula is C17H16ClN3O4. The minimum atomic E-state index is -1.12. The Morgan fingerprint density at radius 3 is 2.36 bits per heavy atom. The topological polar surface area (TPSA) is 111 Å². The van der Waals surface area contributed by atoms with E-state index >= 15 is 0 Å². The Morgan fingerprint density at radius 2 is 1.72 bits per heavy atom. The normalized spacial score (nSPS) is 11.3. The number of nitrogens with two attached hydrogens (primary N) is 1. The van der Waals surface area contributed by atoms with E-state index in [9.17, 15) is 14.4 Å². The van der Waals surface area contributed by atoms with Gasteiger partial charge in [0.25, 0.3) is 11.8 Å². The van der Waals surface area contributed by atoms with Crippen LogP contribution in [0, 0.1) is 0 Å². The second kappa shape index (κ2) is 8.16. The van der Waals surface area contributed by atoms with Crippen molar-refractivity contribution in [2.45, 2.75) is 13.0 Å². The molecule has 2 aromatic rings. The molecular weight excluding hydrogens is 346 g/mol. The molecule has 0 unspecified atom stereocenters. The second-order valence-electron chi connectivity index (χ2n) is 5.05. The molecule has 0 saturated carbocycles. The van der Waals surface area contributed by atoms with E-state index in [-0.39, 0.29) is 16.3 Å². The zero-order valence-electron chi connectivity index (χ0n) is 13.3. The number of halogens is 1. The summed E-state index contributed by atoms with van der Waals surface area (Å²) in [6.07, 6.45) is -2.20. The van der Waals surface area contributed by atoms with Crippen molar-refractivity contribution in [2.24, 2.45) is 5.73 Å². The highest BCUT2D eigenvalue weighted by molar-refractivity contribution is 6.35. The fourth-order valence-corrected chi connectivity index (χ4v) is 2.30. The van der Waals surface area contributed by atoms with Crippen molar-refractivity contribution in [3.8, 4) is 0 Å². The third kappa shape index (κ3) is 4.95. The lowest BCUT2D eigenvalue weighted by Gasteiger charge is -2.15. The molecule has 2 aromatic carbocycles. The van der Waals surface area contributed by atoms with Crippen LogP contribution < -0.4 is 16.4 Å². The van der Waals surface area contributed by atoms with Gasteiger partial charge in [0.2, 0.25) is 0 Å². The molecule has 3 amide bonds. The van der Waals surface area contributed by atoms with Crippen LogP contribution in [0.25, 0.3) is 0 Å². The van der Waals surface area contributed by atoms with Crippen molar-refractivity contribution >= 4 is 40.9 Å². The number of carbonyl (C=O) groups excluding carboxylic acids is 3. The Kier molecular flexibility index (Phi) is 5.97. The number of para-hydroxylation sites is 1. The van der Waals surface area contributed by atoms with E-state index in [0.29, 0.717) is 5.69 Å². The highest BCUT2D eigenvalue weighted by Gasteiger charge is 2.21. The summed E-state index contributed by atoms with van der Waals surface area (Å²) in [6, 6.07) is 13.4. The van der Waals surface area contributed by atoms with Gasteiger partial charge >= 0.3 is 6.09 Å². The number of hydrogen-bond donors (Lipinski definition) is 3. The molecule has 0 saturated heterocycles. The molecule has 0 radical (unpaired) electrons. The lowest BCUT2D eigenvalue weighted by atomic mass is 10.1. The van der Waals surface area contributed by atoms with Gasteiger partial charge in [-0.3, -0.25) is 9.59 Å². The highest BCUT2D eigenvalue weighted by atomic mass is 35.5. The maximum Gasteiger partial charge on any atom is 0.405 e. The van der Waals surface area contributed by atoms with Gasteiger partial charge in [0.05, 0.1) is 16.3 Å². The SMILES string of the molecule is C[C@H](OC(N)=O)C(=O)Nc1cccc(Cl)c1C(=O)Nc1ccccc1. The molecule has 0 aliphatic heterocycles. The van der Waals surface area contributed by atoms with E-state index in [1.807, 2.05) is 6.07 Å². The predicted octanol–water partition coefficient (Wildman–Crippen LogP) is 3.01. The quantitative estimate of drug-likeness (QED) is 0.760. The second-order valence-corrected chi connectivity index (χ2v) is 5.46. The molecule has 4 N–H and O–H groups in total. The van der Waals surface area contributed by atoms with Gasteiger partial charge in [-0.15, -0.1) is 0 Å². The van der Waals surface area contributed by atoms with Gasteiger partial charge in [0.15, 0.2) is 6.10 Å². The largest absolute Gasteiger partial charge is 0.437 e. The van der Waals surface area contributed by atoms with Crippen molar-refractivity contribution in [1.29, 1.82) is 0 Å². The van der Waals surface area contributed by atoms with Crippen molar-refractivity contribution in [2.75, 3.05) is 10.6 Å². The molecule has 7 nitrogen and oxygen atoms in total. The van der Waals surface area contributed by atoms with E-state index in [0.717, 1.165) is 0 Å². The van der Waals surface area contributed by atoms with E-state index in [4.69, 9.17) is 17.3 Å². The summed E-state index contributed by atoms with van der Waals surface area (Å²) in [4.78, 5) is 35.3. The average Bonchev–Trinajstić information content (AvgIpc) is 2.55. The summed E-state index contributed by atoms with van der Waals surface area (Å²) >= 11 is 6.12. The number of carbonyl (C=O) groups is 3. The Labute approximate surface area is 149 Å². The predicted molar refractivity (Wildman–Crippen MR) is 94.6 cm³/mol. The first-order valence-corrected chi connectivity index (χ1v) is 7.68. The van der Waals surface area contributed by atoms with Crippen LogP contribution in [0.1, 0.15) is 17.3 Å². The molecule has 130 valence electrons. The Morgan fingerprint density at radius 1 is 1.04 bits per heavy atom. The van der Waals surface area contributed by atoms with Crippen molar-refractivity contribution in [3.63, 3.8) is 0 Å². The summed E-state index contributed by atoms with van der Waals surface area (Å²) < 4.78 is 4.60. The number of nitrogens with one attached hydrogen (secondary N) is 2. The molecule has 0 spiro atoms. The molecule has 0 heterocycles. The van der Waals surface area contributed by atoms with Crippen LogP contribution in [0.15, 0.2) is 48.5 Å². The highest BCUT2D eigenvalue weighted by Crippen LogP contribution is 2.26. The Hall–Kier alpha value is -3.06. The van der Waals surface area contributed by atoms with Gasteiger partial charge in [-0.2, -0.15) is 0 Å². The summed E-state index contributed by atoms with van der Waals surface area (Å²) in [7, 11) is 0.